The van der Waals surface area contributed by atoms with Gasteiger partial charge in [0.15, 0.2) is 0 Å². The molecule has 1 aliphatic heterocycles. The lowest BCUT2D eigenvalue weighted by Crippen LogP contribution is -2.50. The predicted octanol–water partition coefficient (Wildman–Crippen LogP) is 2.29. The number of carbonyl (C=O) groups excluding carboxylic acids is 1. The van der Waals surface area contributed by atoms with E-state index in [1.54, 1.807) is 16.6 Å². The van der Waals surface area contributed by atoms with Gasteiger partial charge in [0.25, 0.3) is 5.91 Å². The molecular formula is C27H32FN7O3. The van der Waals surface area contributed by atoms with Crippen molar-refractivity contribution < 1.29 is 19.0 Å². The third-order valence-corrected chi connectivity index (χ3v) is 7.18. The van der Waals surface area contributed by atoms with Crippen molar-refractivity contribution in [1.29, 1.82) is 5.26 Å². The smallest absolute Gasteiger partial charge is 0.255 e. The van der Waals surface area contributed by atoms with Crippen molar-refractivity contribution in [2.45, 2.75) is 50.5 Å². The van der Waals surface area contributed by atoms with E-state index >= 15 is 0 Å². The second-order valence-corrected chi connectivity index (χ2v) is 10.7. The molecule has 11 heteroatoms. The minimum atomic E-state index is -1.62. The molecule has 2 aliphatic rings. The average molecular weight is 522 g/mol. The maximum atomic E-state index is 14.3. The van der Waals surface area contributed by atoms with Crippen LogP contribution in [0.15, 0.2) is 36.7 Å². The number of anilines is 1. The van der Waals surface area contributed by atoms with Crippen LogP contribution in [0, 0.1) is 17.2 Å². The van der Waals surface area contributed by atoms with Crippen molar-refractivity contribution in [3.05, 3.63) is 47.8 Å². The summed E-state index contributed by atoms with van der Waals surface area (Å²) in [5, 5.41) is 33.0. The Bertz CT molecular complexity index is 1350. The maximum Gasteiger partial charge on any atom is 0.255 e. The lowest BCUT2D eigenvalue weighted by molar-refractivity contribution is -0.00807. The quantitative estimate of drug-likeness (QED) is 0.319. The van der Waals surface area contributed by atoms with E-state index in [9.17, 15) is 14.3 Å². The number of pyridine rings is 1. The first-order valence-electron chi connectivity index (χ1n) is 12.8. The molecule has 0 aromatic carbocycles. The summed E-state index contributed by atoms with van der Waals surface area (Å²) in [5.41, 5.74) is 1.85. The summed E-state index contributed by atoms with van der Waals surface area (Å²) in [7, 11) is 0. The summed E-state index contributed by atoms with van der Waals surface area (Å²) < 4.78 is 21.2. The number of ether oxygens (including phenoxy) is 1. The minimum Gasteiger partial charge on any atom is -0.387 e. The van der Waals surface area contributed by atoms with Crippen molar-refractivity contribution in [2.24, 2.45) is 5.92 Å². The van der Waals surface area contributed by atoms with Crippen LogP contribution in [0.5, 0.6) is 0 Å². The van der Waals surface area contributed by atoms with Crippen LogP contribution in [-0.4, -0.2) is 75.8 Å². The van der Waals surface area contributed by atoms with Crippen LogP contribution < -0.4 is 16.0 Å². The largest absolute Gasteiger partial charge is 0.387 e. The van der Waals surface area contributed by atoms with Gasteiger partial charge in [-0.15, -0.1) is 0 Å². The van der Waals surface area contributed by atoms with E-state index in [2.05, 4.69) is 32.1 Å². The van der Waals surface area contributed by atoms with Gasteiger partial charge in [0.05, 0.1) is 71.3 Å². The number of nitriles is 1. The first-order valence-corrected chi connectivity index (χ1v) is 12.8. The molecule has 4 N–H and O–H groups in total. The van der Waals surface area contributed by atoms with Crippen LogP contribution in [0.1, 0.15) is 42.6 Å². The molecule has 0 bridgehead atoms. The number of nitrogens with zero attached hydrogens (tertiary/aromatic N) is 4. The van der Waals surface area contributed by atoms with Gasteiger partial charge in [-0.2, -0.15) is 10.4 Å². The van der Waals surface area contributed by atoms with E-state index in [1.165, 1.54) is 26.2 Å². The normalized spacial score (nSPS) is 20.3. The Morgan fingerprint density at radius 3 is 2.76 bits per heavy atom. The van der Waals surface area contributed by atoms with Crippen LogP contribution in [0.4, 0.5) is 10.1 Å². The maximum absolute atomic E-state index is 14.3. The van der Waals surface area contributed by atoms with Gasteiger partial charge in [-0.05, 0) is 63.4 Å². The molecular weight excluding hydrogens is 489 g/mol. The van der Waals surface area contributed by atoms with Gasteiger partial charge in [0.1, 0.15) is 12.2 Å². The molecule has 1 atom stereocenters. The number of halogens is 1. The Morgan fingerprint density at radius 2 is 2.08 bits per heavy atom. The van der Waals surface area contributed by atoms with Crippen molar-refractivity contribution >= 4 is 17.1 Å². The number of aliphatic hydroxyl groups is 1. The van der Waals surface area contributed by atoms with Crippen LogP contribution in [0.3, 0.4) is 0 Å². The van der Waals surface area contributed by atoms with Crippen molar-refractivity contribution in [1.82, 2.24) is 25.2 Å². The highest BCUT2D eigenvalue weighted by Crippen LogP contribution is 2.33. The Morgan fingerprint density at radius 1 is 1.29 bits per heavy atom. The van der Waals surface area contributed by atoms with Gasteiger partial charge in [0.2, 0.25) is 0 Å². The summed E-state index contributed by atoms with van der Waals surface area (Å²) >= 11 is 0. The molecule has 0 radical (unpaired) electrons. The summed E-state index contributed by atoms with van der Waals surface area (Å²) in [4.78, 5) is 17.5. The van der Waals surface area contributed by atoms with Gasteiger partial charge < -0.3 is 25.8 Å². The summed E-state index contributed by atoms with van der Waals surface area (Å²) in [6.07, 6.45) is 3.26. The number of carbonyl (C=O) groups is 1. The highest BCUT2D eigenvalue weighted by molar-refractivity contribution is 6.00. The second kappa shape index (κ2) is 10.6. The van der Waals surface area contributed by atoms with Gasteiger partial charge >= 0.3 is 0 Å². The standard InChI is InChI=1S/C27H32FN7O3/c1-27(2,37)25(28)13-32-26(36)21-12-31-23(24-4-3-20-7-17(9-29)11-33-35(20)24)8-22(21)34-18-5-16(6-18)10-30-19-14-38-15-19/h3-4,7-8,11-12,16,18-19,25,30,37H,5-6,10,13-15H2,1-2H3,(H,31,34)(H,32,36). The molecule has 3 aromatic rings. The molecule has 1 saturated heterocycles. The topological polar surface area (TPSA) is 137 Å². The average Bonchev–Trinajstić information content (AvgIpc) is 3.26. The van der Waals surface area contributed by atoms with Crippen molar-refractivity contribution in [2.75, 3.05) is 31.6 Å². The van der Waals surface area contributed by atoms with Crippen LogP contribution in [-0.2, 0) is 4.74 Å². The molecule has 3 aromatic heterocycles. The highest BCUT2D eigenvalue weighted by Gasteiger charge is 2.32. The Labute approximate surface area is 220 Å². The van der Waals surface area contributed by atoms with Crippen LogP contribution in [0.25, 0.3) is 16.9 Å². The van der Waals surface area contributed by atoms with E-state index in [0.717, 1.165) is 38.1 Å². The number of aromatic nitrogens is 3. The lowest BCUT2D eigenvalue weighted by Gasteiger charge is -2.39. The zero-order valence-electron chi connectivity index (χ0n) is 21.4. The molecule has 1 aliphatic carbocycles. The molecule has 1 saturated carbocycles. The molecule has 4 heterocycles. The third-order valence-electron chi connectivity index (χ3n) is 7.18. The van der Waals surface area contributed by atoms with Gasteiger partial charge in [-0.3, -0.25) is 9.78 Å². The van der Waals surface area contributed by atoms with E-state index < -0.39 is 17.7 Å². The number of hydrogen-bond acceptors (Lipinski definition) is 8. The minimum absolute atomic E-state index is 0.187. The van der Waals surface area contributed by atoms with Crippen LogP contribution >= 0.6 is 0 Å². The monoisotopic (exact) mass is 521 g/mol. The fourth-order valence-electron chi connectivity index (χ4n) is 4.60. The molecule has 2 fully saturated rings. The van der Waals surface area contributed by atoms with Crippen molar-refractivity contribution in [3.63, 3.8) is 0 Å². The number of alkyl halides is 1. The molecule has 0 spiro atoms. The van der Waals surface area contributed by atoms with Gasteiger partial charge in [-0.1, -0.05) is 0 Å². The zero-order valence-corrected chi connectivity index (χ0v) is 21.4. The highest BCUT2D eigenvalue weighted by atomic mass is 19.1. The zero-order chi connectivity index (χ0) is 26.9. The summed E-state index contributed by atoms with van der Waals surface area (Å²) in [5.74, 6) is 0.0663. The summed E-state index contributed by atoms with van der Waals surface area (Å²) in [6, 6.07) is 9.98. The molecule has 200 valence electrons. The summed E-state index contributed by atoms with van der Waals surface area (Å²) in [6.45, 7) is 4.87. The lowest BCUT2D eigenvalue weighted by atomic mass is 9.80. The Hall–Kier alpha value is -3.59. The van der Waals surface area contributed by atoms with Gasteiger partial charge in [-0.25, -0.2) is 8.91 Å². The number of rotatable bonds is 10. The first kappa shape index (κ1) is 26.0. The van der Waals surface area contributed by atoms with E-state index in [1.807, 2.05) is 12.1 Å². The third kappa shape index (κ3) is 5.62. The van der Waals surface area contributed by atoms with E-state index in [0.29, 0.717) is 40.2 Å². The fraction of sp³-hybridized carbons (Fsp3) is 0.481. The number of fused-ring (bicyclic) bond motifs is 1. The van der Waals surface area contributed by atoms with E-state index in [4.69, 9.17) is 10.00 Å². The molecule has 10 nitrogen and oxygen atoms in total. The molecule has 1 unspecified atom stereocenters. The number of nitrogens with one attached hydrogen (secondary N) is 3. The molecule has 1 amide bonds. The van der Waals surface area contributed by atoms with Crippen LogP contribution in [0.2, 0.25) is 0 Å². The number of amides is 1. The Balaban J connectivity index is 1.35. The van der Waals surface area contributed by atoms with E-state index in [-0.39, 0.29) is 12.6 Å². The van der Waals surface area contributed by atoms with Crippen molar-refractivity contribution in [3.8, 4) is 17.5 Å². The first-order chi connectivity index (χ1) is 18.2. The molecule has 5 rings (SSSR count). The van der Waals surface area contributed by atoms with Gasteiger partial charge in [0, 0.05) is 12.2 Å². The fourth-order valence-corrected chi connectivity index (χ4v) is 4.60. The number of hydrogen-bond donors (Lipinski definition) is 4. The Kier molecular flexibility index (Phi) is 7.29. The second-order valence-electron chi connectivity index (χ2n) is 10.7. The predicted molar refractivity (Wildman–Crippen MR) is 139 cm³/mol. The SMILES string of the molecule is CC(C)(O)C(F)CNC(=O)c1cnc(-c2ccc3cc(C#N)cnn23)cc1NC1CC(CNC2COC2)C1. The molecule has 38 heavy (non-hydrogen) atoms.